The van der Waals surface area contributed by atoms with E-state index in [4.69, 9.17) is 45.8 Å². The van der Waals surface area contributed by atoms with Crippen LogP contribution >= 0.6 is 11.6 Å². The number of nitrogens with one attached hydrogen (secondary N) is 1. The number of amides is 3. The Morgan fingerprint density at radius 1 is 0.979 bits per heavy atom. The molecule has 2 aromatic rings. The normalized spacial score (nSPS) is 24.0. The largest absolute Gasteiger partial charge is 0.490 e. The summed E-state index contributed by atoms with van der Waals surface area (Å²) in [5.41, 5.74) is 5.50. The van der Waals surface area contributed by atoms with Crippen LogP contribution in [0.1, 0.15) is 46.5 Å². The van der Waals surface area contributed by atoms with Crippen molar-refractivity contribution in [2.24, 2.45) is 23.0 Å². The zero-order valence-electron chi connectivity index (χ0n) is 27.6. The number of carbonyl (C=O) groups excluding carboxylic acids is 3. The Morgan fingerprint density at radius 3 is 2.30 bits per heavy atom. The zero-order chi connectivity index (χ0) is 33.9. The van der Waals surface area contributed by atoms with Gasteiger partial charge in [-0.25, -0.2) is 9.78 Å². The van der Waals surface area contributed by atoms with E-state index in [9.17, 15) is 14.4 Å². The molecule has 1 aliphatic heterocycles. The van der Waals surface area contributed by atoms with Crippen molar-refractivity contribution in [3.8, 4) is 17.4 Å². The fourth-order valence-corrected chi connectivity index (χ4v) is 6.64. The third kappa shape index (κ3) is 8.31. The number of pyridine rings is 1. The third-order valence-electron chi connectivity index (χ3n) is 8.92. The molecule has 258 valence electrons. The fourth-order valence-electron chi connectivity index (χ4n) is 6.38. The molecule has 3 aliphatic rings. The van der Waals surface area contributed by atoms with Gasteiger partial charge in [-0.2, -0.15) is 0 Å². The number of aromatic nitrogens is 1. The second-order valence-electron chi connectivity index (χ2n) is 13.5. The zero-order valence-corrected chi connectivity index (χ0v) is 28.3. The molecule has 3 N–H and O–H groups in total. The maximum Gasteiger partial charge on any atom is 0.408 e. The number of rotatable bonds is 14. The molecule has 13 nitrogen and oxygen atoms in total. The summed E-state index contributed by atoms with van der Waals surface area (Å²) in [5, 5.41) is 3.63. The molecule has 0 spiro atoms. The maximum absolute atomic E-state index is 14.1. The minimum absolute atomic E-state index is 0.0529. The molecule has 6 atom stereocenters. The Balaban J connectivity index is 1.36. The number of methoxy groups -OCH3 is 2. The van der Waals surface area contributed by atoms with Gasteiger partial charge in [0.25, 0.3) is 0 Å². The van der Waals surface area contributed by atoms with Gasteiger partial charge in [-0.15, -0.1) is 0 Å². The summed E-state index contributed by atoms with van der Waals surface area (Å²) in [6.07, 6.45) is 1.66. The van der Waals surface area contributed by atoms with Crippen molar-refractivity contribution in [1.82, 2.24) is 15.2 Å². The first-order chi connectivity index (χ1) is 22.4. The van der Waals surface area contributed by atoms with Crippen molar-refractivity contribution in [2.75, 3.05) is 47.2 Å². The number of hydrogen-bond acceptors (Lipinski definition) is 10. The van der Waals surface area contributed by atoms with Gasteiger partial charge >= 0.3 is 6.09 Å². The minimum atomic E-state index is -0.968. The predicted molar refractivity (Wildman–Crippen MR) is 173 cm³/mol. The average Bonchev–Trinajstić information content (AvgIpc) is 3.39. The summed E-state index contributed by atoms with van der Waals surface area (Å²) in [6.45, 7) is 6.82. The molecule has 2 saturated carbocycles. The highest BCUT2D eigenvalue weighted by atomic mass is 35.5. The van der Waals surface area contributed by atoms with Gasteiger partial charge in [0.05, 0.1) is 19.8 Å². The van der Waals surface area contributed by atoms with Crippen LogP contribution in [0.4, 0.5) is 4.79 Å². The lowest BCUT2D eigenvalue weighted by atomic mass is 9.85. The maximum atomic E-state index is 14.1. The van der Waals surface area contributed by atoms with Crippen LogP contribution in [0.3, 0.4) is 0 Å². The van der Waals surface area contributed by atoms with Crippen LogP contribution in [0.25, 0.3) is 10.9 Å². The van der Waals surface area contributed by atoms with Gasteiger partial charge < -0.3 is 44.4 Å². The molecule has 0 radical (unpaired) electrons. The van der Waals surface area contributed by atoms with Crippen molar-refractivity contribution in [1.29, 1.82) is 0 Å². The second kappa shape index (κ2) is 14.7. The Morgan fingerprint density at radius 2 is 1.66 bits per heavy atom. The number of halogens is 1. The van der Waals surface area contributed by atoms with Crippen molar-refractivity contribution >= 4 is 40.4 Å². The molecule has 47 heavy (non-hydrogen) atoms. The number of nitrogens with zero attached hydrogens (tertiary/aromatic N) is 2. The van der Waals surface area contributed by atoms with E-state index in [1.54, 1.807) is 32.4 Å². The van der Waals surface area contributed by atoms with Crippen LogP contribution in [0, 0.1) is 17.3 Å². The van der Waals surface area contributed by atoms with E-state index in [0.29, 0.717) is 54.1 Å². The van der Waals surface area contributed by atoms with E-state index < -0.39 is 41.5 Å². The van der Waals surface area contributed by atoms with Crippen LogP contribution in [0.15, 0.2) is 18.2 Å². The lowest BCUT2D eigenvalue weighted by Crippen LogP contribution is -2.57. The molecule has 1 aromatic carbocycles. The van der Waals surface area contributed by atoms with E-state index in [-0.39, 0.29) is 36.6 Å². The molecule has 3 amide bonds. The molecular formula is C33H45ClN4O9. The van der Waals surface area contributed by atoms with Crippen LogP contribution in [0.5, 0.6) is 17.4 Å². The number of nitrogens with two attached hydrogens (primary N) is 1. The van der Waals surface area contributed by atoms with E-state index in [1.807, 2.05) is 20.8 Å². The number of carbonyl (C=O) groups is 3. The van der Waals surface area contributed by atoms with Crippen molar-refractivity contribution in [3.05, 3.63) is 23.2 Å². The van der Waals surface area contributed by atoms with Gasteiger partial charge in [-0.05, 0) is 48.6 Å². The molecule has 2 unspecified atom stereocenters. The SMILES string of the molecule is COCCOc1cc(OC2C[C@@H](C(N)=O)N(C(=O)[C@@H](NC(=O)OC3C[C@@H]4C[C@@H]4C3)C(C)(C)C)C2)c2ccc(OCCOC)c(Cl)c2n1. The number of ether oxygens (including phenoxy) is 6. The first-order valence-corrected chi connectivity index (χ1v) is 16.4. The highest BCUT2D eigenvalue weighted by Gasteiger charge is 2.48. The van der Waals surface area contributed by atoms with Gasteiger partial charge in [-0.3, -0.25) is 9.59 Å². The molecule has 5 rings (SSSR count). The molecule has 1 saturated heterocycles. The van der Waals surface area contributed by atoms with Crippen LogP contribution in [-0.4, -0.2) is 99.3 Å². The summed E-state index contributed by atoms with van der Waals surface area (Å²) in [6, 6.07) is 3.19. The highest BCUT2D eigenvalue weighted by molar-refractivity contribution is 6.36. The first kappa shape index (κ1) is 34.8. The third-order valence-corrected chi connectivity index (χ3v) is 9.29. The highest BCUT2D eigenvalue weighted by Crippen LogP contribution is 2.52. The Bertz CT molecular complexity index is 1460. The predicted octanol–water partition coefficient (Wildman–Crippen LogP) is 3.71. The van der Waals surface area contributed by atoms with Crippen LogP contribution < -0.4 is 25.3 Å². The summed E-state index contributed by atoms with van der Waals surface area (Å²) in [4.78, 5) is 45.6. The lowest BCUT2D eigenvalue weighted by Gasteiger charge is -2.35. The quantitative estimate of drug-likeness (QED) is 0.282. The lowest BCUT2D eigenvalue weighted by molar-refractivity contribution is -0.141. The molecule has 14 heteroatoms. The molecule has 3 fully saturated rings. The Labute approximate surface area is 279 Å². The standard InChI is InChI=1S/C33H45ClN4O9/c1-33(2,3)29(37-32(41)47-20-13-18-12-19(18)14-20)31(40)38-17-21(15-23(38)30(35)39)46-25-16-26(45-11-9-43-5)36-28-22(25)6-7-24(27(28)34)44-10-8-42-4/h6-7,16,18-21,23,29H,8-15,17H2,1-5H3,(H2,35,39)(H,37,41)/t18-,19+,20?,21?,23-,29+/m0/s1. The molecule has 1 aromatic heterocycles. The number of likely N-dealkylation sites (tertiary alicyclic amines) is 1. The Hall–Kier alpha value is -3.55. The summed E-state index contributed by atoms with van der Waals surface area (Å²) >= 11 is 6.73. The summed E-state index contributed by atoms with van der Waals surface area (Å²) in [7, 11) is 3.14. The number of primary amides is 1. The average molecular weight is 677 g/mol. The van der Waals surface area contributed by atoms with Crippen LogP contribution in [0.2, 0.25) is 5.02 Å². The molecule has 2 heterocycles. The smallest absolute Gasteiger partial charge is 0.408 e. The monoisotopic (exact) mass is 676 g/mol. The molecule has 0 bridgehead atoms. The number of benzene rings is 1. The van der Waals surface area contributed by atoms with E-state index in [1.165, 1.54) is 11.3 Å². The Kier molecular flexibility index (Phi) is 10.9. The molecule has 2 aliphatic carbocycles. The van der Waals surface area contributed by atoms with Gasteiger partial charge in [0, 0.05) is 32.1 Å². The van der Waals surface area contributed by atoms with Crippen molar-refractivity contribution in [2.45, 2.75) is 70.7 Å². The summed E-state index contributed by atoms with van der Waals surface area (Å²) in [5.74, 6) is 1.22. The fraction of sp³-hybridized carbons (Fsp3) is 0.636. The van der Waals surface area contributed by atoms with Gasteiger partial charge in [0.1, 0.15) is 59.5 Å². The topological polar surface area (TPSA) is 161 Å². The van der Waals surface area contributed by atoms with Crippen LogP contribution in [-0.2, 0) is 23.8 Å². The number of fused-ring (bicyclic) bond motifs is 2. The number of hydrogen-bond donors (Lipinski definition) is 2. The van der Waals surface area contributed by atoms with E-state index in [0.717, 1.165) is 12.8 Å². The van der Waals surface area contributed by atoms with Crippen molar-refractivity contribution in [3.63, 3.8) is 0 Å². The van der Waals surface area contributed by atoms with E-state index in [2.05, 4.69) is 10.3 Å². The minimum Gasteiger partial charge on any atom is -0.490 e. The summed E-state index contributed by atoms with van der Waals surface area (Å²) < 4.78 is 33.9. The number of alkyl carbamates (subject to hydrolysis) is 1. The molecular weight excluding hydrogens is 632 g/mol. The van der Waals surface area contributed by atoms with Gasteiger partial charge in [-0.1, -0.05) is 32.4 Å². The second-order valence-corrected chi connectivity index (χ2v) is 13.9. The van der Waals surface area contributed by atoms with E-state index >= 15 is 0 Å². The van der Waals surface area contributed by atoms with Crippen molar-refractivity contribution < 1.29 is 42.8 Å². The first-order valence-electron chi connectivity index (χ1n) is 16.0. The van der Waals surface area contributed by atoms with Gasteiger partial charge in [0.2, 0.25) is 17.7 Å². The van der Waals surface area contributed by atoms with Gasteiger partial charge in [0.15, 0.2) is 0 Å².